The quantitative estimate of drug-likeness (QED) is 0.456. The number of carbonyl (C=O) groups excluding carboxylic acids is 2. The van der Waals surface area contributed by atoms with E-state index >= 15 is 0 Å². The van der Waals surface area contributed by atoms with Gasteiger partial charge in [-0.3, -0.25) is 9.59 Å². The summed E-state index contributed by atoms with van der Waals surface area (Å²) in [6, 6.07) is 13.8. The highest BCUT2D eigenvalue weighted by Crippen LogP contribution is 2.29. The highest BCUT2D eigenvalue weighted by molar-refractivity contribution is 6.42. The third-order valence-electron chi connectivity index (χ3n) is 5.21. The molecule has 0 atom stereocenters. The van der Waals surface area contributed by atoms with Crippen LogP contribution in [0.3, 0.4) is 0 Å². The van der Waals surface area contributed by atoms with Gasteiger partial charge in [0.1, 0.15) is 18.1 Å². The maximum atomic E-state index is 13.0. The number of ether oxygens (including phenoxy) is 1. The van der Waals surface area contributed by atoms with Crippen LogP contribution in [-0.2, 0) is 10.2 Å². The number of likely N-dealkylation sites (N-methyl/N-ethyl adjacent to an activating group) is 1. The Bertz CT molecular complexity index is 1200. The van der Waals surface area contributed by atoms with Crippen LogP contribution in [0.4, 0.5) is 5.82 Å². The fourth-order valence-corrected chi connectivity index (χ4v) is 3.56. The molecule has 0 radical (unpaired) electrons. The number of amides is 2. The summed E-state index contributed by atoms with van der Waals surface area (Å²) in [5.74, 6) is 0.439. The second-order valence-corrected chi connectivity index (χ2v) is 9.59. The normalized spacial score (nSPS) is 11.3. The van der Waals surface area contributed by atoms with Crippen molar-refractivity contribution in [3.05, 3.63) is 69.8 Å². The molecule has 0 saturated carbocycles. The van der Waals surface area contributed by atoms with Crippen molar-refractivity contribution in [2.24, 2.45) is 0 Å². The smallest absolute Gasteiger partial charge is 0.254 e. The first-order chi connectivity index (χ1) is 16.0. The largest absolute Gasteiger partial charge is 0.497 e. The van der Waals surface area contributed by atoms with Gasteiger partial charge in [0.15, 0.2) is 0 Å². The van der Waals surface area contributed by atoms with E-state index in [-0.39, 0.29) is 23.8 Å². The molecule has 0 aliphatic carbocycles. The van der Waals surface area contributed by atoms with Crippen molar-refractivity contribution < 1.29 is 14.3 Å². The van der Waals surface area contributed by atoms with Gasteiger partial charge in [0, 0.05) is 23.6 Å². The van der Waals surface area contributed by atoms with Gasteiger partial charge in [-0.2, -0.15) is 5.10 Å². The van der Waals surface area contributed by atoms with E-state index in [1.165, 1.54) is 12.0 Å². The predicted molar refractivity (Wildman–Crippen MR) is 135 cm³/mol. The zero-order valence-electron chi connectivity index (χ0n) is 19.9. The number of methoxy groups -OCH3 is 1. The lowest BCUT2D eigenvalue weighted by Gasteiger charge is -2.21. The summed E-state index contributed by atoms with van der Waals surface area (Å²) in [5, 5.41) is 8.38. The molecule has 1 aromatic heterocycles. The van der Waals surface area contributed by atoms with Gasteiger partial charge < -0.3 is 15.0 Å². The Kier molecular flexibility index (Phi) is 7.89. The van der Waals surface area contributed by atoms with Crippen LogP contribution in [0.1, 0.15) is 43.7 Å². The first-order valence-electron chi connectivity index (χ1n) is 10.8. The maximum Gasteiger partial charge on any atom is 0.254 e. The van der Waals surface area contributed by atoms with Gasteiger partial charge in [-0.15, -0.1) is 0 Å². The minimum Gasteiger partial charge on any atom is -0.497 e. The number of benzene rings is 2. The number of aromatic nitrogens is 2. The molecular weight excluding hydrogens is 475 g/mol. The molecule has 7 nitrogen and oxygen atoms in total. The standard InChI is InChI=1S/C25H28Cl2N4O3/c1-6-30(24(33)16-8-7-9-18(12-16)34-5)15-23(32)28-22-14-21(25(2,3)4)29-31(22)17-10-11-19(26)20(27)13-17/h7-14H,6,15H2,1-5H3,(H,28,32). The van der Waals surface area contributed by atoms with Crippen LogP contribution in [0.2, 0.25) is 10.0 Å². The molecular formula is C25H28Cl2N4O3. The summed E-state index contributed by atoms with van der Waals surface area (Å²) >= 11 is 12.3. The van der Waals surface area contributed by atoms with Gasteiger partial charge in [0.2, 0.25) is 5.91 Å². The van der Waals surface area contributed by atoms with Gasteiger partial charge >= 0.3 is 0 Å². The summed E-state index contributed by atoms with van der Waals surface area (Å²) in [6.45, 7) is 8.17. The highest BCUT2D eigenvalue weighted by atomic mass is 35.5. The Morgan fingerprint density at radius 3 is 2.44 bits per heavy atom. The monoisotopic (exact) mass is 502 g/mol. The lowest BCUT2D eigenvalue weighted by atomic mass is 9.92. The van der Waals surface area contributed by atoms with Crippen LogP contribution in [0.25, 0.3) is 5.69 Å². The fraction of sp³-hybridized carbons (Fsp3) is 0.320. The van der Waals surface area contributed by atoms with Crippen molar-refractivity contribution in [1.82, 2.24) is 14.7 Å². The van der Waals surface area contributed by atoms with E-state index < -0.39 is 0 Å². The molecule has 3 rings (SSSR count). The number of rotatable bonds is 7. The average Bonchev–Trinajstić information content (AvgIpc) is 3.23. The van der Waals surface area contributed by atoms with Crippen LogP contribution in [0, 0.1) is 0 Å². The van der Waals surface area contributed by atoms with Crippen LogP contribution in [0.15, 0.2) is 48.5 Å². The van der Waals surface area contributed by atoms with Crippen LogP contribution < -0.4 is 10.1 Å². The van der Waals surface area contributed by atoms with Crippen LogP contribution in [0.5, 0.6) is 5.75 Å². The van der Waals surface area contributed by atoms with Crippen molar-refractivity contribution in [3.8, 4) is 11.4 Å². The number of nitrogens with one attached hydrogen (secondary N) is 1. The summed E-state index contributed by atoms with van der Waals surface area (Å²) in [5.41, 5.74) is 1.64. The third kappa shape index (κ3) is 5.90. The molecule has 0 spiro atoms. The zero-order valence-corrected chi connectivity index (χ0v) is 21.4. The molecule has 0 aliphatic rings. The maximum absolute atomic E-state index is 13.0. The van der Waals surface area contributed by atoms with E-state index in [0.29, 0.717) is 39.4 Å². The first-order valence-corrected chi connectivity index (χ1v) is 11.6. The van der Waals surface area contributed by atoms with E-state index in [1.54, 1.807) is 47.1 Å². The Morgan fingerprint density at radius 2 is 1.82 bits per heavy atom. The molecule has 1 N–H and O–H groups in total. The van der Waals surface area contributed by atoms with Crippen LogP contribution >= 0.6 is 23.2 Å². The van der Waals surface area contributed by atoms with Crippen molar-refractivity contribution in [2.75, 3.05) is 25.5 Å². The molecule has 3 aromatic rings. The Labute approximate surface area is 209 Å². The van der Waals surface area contributed by atoms with Gasteiger partial charge in [-0.1, -0.05) is 50.0 Å². The van der Waals surface area contributed by atoms with Crippen molar-refractivity contribution >= 4 is 40.8 Å². The lowest BCUT2D eigenvalue weighted by Crippen LogP contribution is -2.38. The molecule has 0 fully saturated rings. The number of carbonyl (C=O) groups is 2. The number of anilines is 1. The zero-order chi connectivity index (χ0) is 25.0. The number of hydrogen-bond acceptors (Lipinski definition) is 4. The molecule has 2 aromatic carbocycles. The molecule has 180 valence electrons. The second kappa shape index (κ2) is 10.5. The molecule has 0 bridgehead atoms. The van der Waals surface area contributed by atoms with Crippen molar-refractivity contribution in [2.45, 2.75) is 33.1 Å². The Balaban J connectivity index is 1.85. The van der Waals surface area contributed by atoms with Crippen molar-refractivity contribution in [1.29, 1.82) is 0 Å². The fourth-order valence-electron chi connectivity index (χ4n) is 3.27. The third-order valence-corrected chi connectivity index (χ3v) is 5.95. The van der Waals surface area contributed by atoms with E-state index in [1.807, 2.05) is 33.8 Å². The molecule has 0 saturated heterocycles. The minimum absolute atomic E-state index is 0.121. The summed E-state index contributed by atoms with van der Waals surface area (Å²) in [7, 11) is 1.54. The van der Waals surface area contributed by atoms with E-state index in [0.717, 1.165) is 5.69 Å². The van der Waals surface area contributed by atoms with E-state index in [9.17, 15) is 9.59 Å². The Hall–Kier alpha value is -3.03. The van der Waals surface area contributed by atoms with Gasteiger partial charge in [0.25, 0.3) is 5.91 Å². The number of halogens is 2. The van der Waals surface area contributed by atoms with Gasteiger partial charge in [0.05, 0.1) is 28.5 Å². The molecule has 0 unspecified atom stereocenters. The number of hydrogen-bond donors (Lipinski definition) is 1. The molecule has 34 heavy (non-hydrogen) atoms. The summed E-state index contributed by atoms with van der Waals surface area (Å²) in [6.07, 6.45) is 0. The van der Waals surface area contributed by atoms with Crippen molar-refractivity contribution in [3.63, 3.8) is 0 Å². The average molecular weight is 503 g/mol. The van der Waals surface area contributed by atoms with E-state index in [4.69, 9.17) is 27.9 Å². The van der Waals surface area contributed by atoms with E-state index in [2.05, 4.69) is 10.4 Å². The lowest BCUT2D eigenvalue weighted by molar-refractivity contribution is -0.116. The topological polar surface area (TPSA) is 76.5 Å². The molecule has 9 heteroatoms. The van der Waals surface area contributed by atoms with Gasteiger partial charge in [-0.05, 0) is 43.3 Å². The molecule has 2 amide bonds. The number of nitrogens with zero attached hydrogens (tertiary/aromatic N) is 3. The summed E-state index contributed by atoms with van der Waals surface area (Å²) in [4.78, 5) is 27.4. The van der Waals surface area contributed by atoms with Gasteiger partial charge in [-0.25, -0.2) is 4.68 Å². The molecule has 0 aliphatic heterocycles. The Morgan fingerprint density at radius 1 is 1.09 bits per heavy atom. The minimum atomic E-state index is -0.347. The van der Waals surface area contributed by atoms with Crippen LogP contribution in [-0.4, -0.2) is 46.7 Å². The predicted octanol–water partition coefficient (Wildman–Crippen LogP) is 5.59. The second-order valence-electron chi connectivity index (χ2n) is 8.77. The first kappa shape index (κ1) is 25.6. The SMILES string of the molecule is CCN(CC(=O)Nc1cc(C(C)(C)C)nn1-c1ccc(Cl)c(Cl)c1)C(=O)c1cccc(OC)c1. The highest BCUT2D eigenvalue weighted by Gasteiger charge is 2.23. The summed E-state index contributed by atoms with van der Waals surface area (Å²) < 4.78 is 6.81. The molecule has 1 heterocycles.